The Morgan fingerprint density at radius 2 is 1.40 bits per heavy atom. The van der Waals surface area contributed by atoms with Crippen molar-refractivity contribution in [2.24, 2.45) is 0 Å². The van der Waals surface area contributed by atoms with Gasteiger partial charge in [-0.15, -0.1) is 0 Å². The van der Waals surface area contributed by atoms with Crippen molar-refractivity contribution >= 4 is 15.4 Å². The first-order chi connectivity index (χ1) is 9.16. The van der Waals surface area contributed by atoms with E-state index in [0.29, 0.717) is 0 Å². The van der Waals surface area contributed by atoms with Crippen molar-refractivity contribution in [3.05, 3.63) is 12.3 Å². The molecule has 0 saturated carbocycles. The third kappa shape index (κ3) is 8.20. The largest absolute Gasteiger partial charge is 0.528 e. The van der Waals surface area contributed by atoms with Gasteiger partial charge in [0.15, 0.2) is 0 Å². The van der Waals surface area contributed by atoms with E-state index >= 15 is 0 Å². The molecule has 0 saturated heterocycles. The molecule has 0 aliphatic rings. The zero-order valence-electron chi connectivity index (χ0n) is 12.8. The maximum atomic E-state index is 12.4. The van der Waals surface area contributed by atoms with Gasteiger partial charge in [0.05, 0.1) is 24.6 Å². The molecular weight excluding hydrogens is 306 g/mol. The minimum Gasteiger partial charge on any atom is -0.412 e. The van der Waals surface area contributed by atoms with Gasteiger partial charge in [0.2, 0.25) is 0 Å². The van der Waals surface area contributed by atoms with E-state index in [0.717, 1.165) is 6.26 Å². The summed E-state index contributed by atoms with van der Waals surface area (Å²) in [7, 11) is -4.44. The van der Waals surface area contributed by atoms with Crippen LogP contribution in [0.2, 0.25) is 0 Å². The third-order valence-corrected chi connectivity index (χ3v) is 5.22. The number of hydrogen-bond acceptors (Lipinski definition) is 7. The highest BCUT2D eigenvalue weighted by Crippen LogP contribution is 2.51. The lowest BCUT2D eigenvalue weighted by Gasteiger charge is -2.21. The van der Waals surface area contributed by atoms with Crippen molar-refractivity contribution in [3.8, 4) is 0 Å². The van der Waals surface area contributed by atoms with E-state index in [1.165, 1.54) is 20.3 Å². The number of rotatable bonds is 10. The molecular formula is C11H24O7P2. The van der Waals surface area contributed by atoms with Crippen molar-refractivity contribution in [2.45, 2.75) is 39.9 Å². The molecule has 0 aromatic rings. The summed E-state index contributed by atoms with van der Waals surface area (Å²) >= 11 is 0. The molecule has 0 rings (SSSR count). The minimum absolute atomic E-state index is 0.00319. The Morgan fingerprint density at radius 1 is 0.950 bits per heavy atom. The van der Waals surface area contributed by atoms with Gasteiger partial charge in [0.1, 0.15) is 0 Å². The normalized spacial score (nSPS) is 13.6. The maximum Gasteiger partial charge on any atom is 0.528 e. The van der Waals surface area contributed by atoms with E-state index in [4.69, 9.17) is 13.6 Å². The highest BCUT2D eigenvalue weighted by Gasteiger charge is 2.27. The summed E-state index contributed by atoms with van der Waals surface area (Å²) < 4.78 is 48.6. The van der Waals surface area contributed by atoms with Crippen molar-refractivity contribution < 1.29 is 31.7 Å². The predicted octanol–water partition coefficient (Wildman–Crippen LogP) is 3.96. The molecule has 0 N–H and O–H groups in total. The van der Waals surface area contributed by atoms with Crippen LogP contribution in [0.4, 0.5) is 0 Å². The SMILES string of the molecule is COP(=O)(OC)O/C=C/CP(=O)(OC(C)C)OC(C)C. The van der Waals surface area contributed by atoms with Gasteiger partial charge < -0.3 is 13.6 Å². The topological polar surface area (TPSA) is 80.3 Å². The van der Waals surface area contributed by atoms with E-state index in [9.17, 15) is 9.13 Å². The summed E-state index contributed by atoms with van der Waals surface area (Å²) in [6.45, 7) is 7.06. The van der Waals surface area contributed by atoms with Gasteiger partial charge in [-0.25, -0.2) is 4.57 Å². The molecule has 0 aliphatic carbocycles. The molecule has 0 spiro atoms. The van der Waals surface area contributed by atoms with E-state index < -0.39 is 15.4 Å². The lowest BCUT2D eigenvalue weighted by molar-refractivity contribution is 0.144. The molecule has 0 unspecified atom stereocenters. The molecule has 0 bridgehead atoms. The molecule has 0 radical (unpaired) electrons. The molecule has 0 aromatic carbocycles. The Labute approximate surface area is 120 Å². The fourth-order valence-corrected chi connectivity index (χ4v) is 3.61. The fraction of sp³-hybridized carbons (Fsp3) is 0.818. The molecule has 0 fully saturated rings. The van der Waals surface area contributed by atoms with E-state index in [1.54, 1.807) is 27.7 Å². The molecule has 20 heavy (non-hydrogen) atoms. The van der Waals surface area contributed by atoms with Gasteiger partial charge in [-0.05, 0) is 33.8 Å². The molecule has 9 heteroatoms. The van der Waals surface area contributed by atoms with Crippen molar-refractivity contribution in [1.82, 2.24) is 0 Å². The number of allylic oxidation sites excluding steroid dienone is 1. The molecule has 0 heterocycles. The highest BCUT2D eigenvalue weighted by molar-refractivity contribution is 7.54. The van der Waals surface area contributed by atoms with Crippen LogP contribution in [0.25, 0.3) is 0 Å². The average Bonchev–Trinajstić information content (AvgIpc) is 2.32. The third-order valence-electron chi connectivity index (χ3n) is 1.81. The predicted molar refractivity (Wildman–Crippen MR) is 76.8 cm³/mol. The van der Waals surface area contributed by atoms with Gasteiger partial charge in [-0.1, -0.05) is 0 Å². The Morgan fingerprint density at radius 3 is 1.75 bits per heavy atom. The van der Waals surface area contributed by atoms with Gasteiger partial charge >= 0.3 is 15.4 Å². The van der Waals surface area contributed by atoms with Crippen LogP contribution in [0.3, 0.4) is 0 Å². The zero-order valence-corrected chi connectivity index (χ0v) is 14.6. The fourth-order valence-electron chi connectivity index (χ4n) is 1.20. The summed E-state index contributed by atoms with van der Waals surface area (Å²) in [6.07, 6.45) is 2.02. The first-order valence-corrected chi connectivity index (χ1v) is 9.36. The Bertz CT molecular complexity index is 370. The number of phosphoric acid groups is 1. The second-order valence-corrected chi connectivity index (χ2v) is 8.24. The van der Waals surface area contributed by atoms with Crippen LogP contribution in [0.5, 0.6) is 0 Å². The Kier molecular flexibility index (Phi) is 8.91. The van der Waals surface area contributed by atoms with Crippen LogP contribution < -0.4 is 0 Å². The van der Waals surface area contributed by atoms with Crippen molar-refractivity contribution in [2.75, 3.05) is 20.4 Å². The quantitative estimate of drug-likeness (QED) is 0.443. The second-order valence-electron chi connectivity index (χ2n) is 4.39. The molecule has 0 aliphatic heterocycles. The Balaban J connectivity index is 4.61. The molecule has 0 amide bonds. The van der Waals surface area contributed by atoms with Crippen LogP contribution in [0.15, 0.2) is 12.3 Å². The summed E-state index contributed by atoms with van der Waals surface area (Å²) in [5.74, 6) is 0. The lowest BCUT2D eigenvalue weighted by Crippen LogP contribution is -2.09. The zero-order chi connectivity index (χ0) is 15.8. The van der Waals surface area contributed by atoms with Gasteiger partial charge in [0.25, 0.3) is 0 Å². The summed E-state index contributed by atoms with van der Waals surface area (Å²) in [6, 6.07) is 0. The monoisotopic (exact) mass is 330 g/mol. The molecule has 120 valence electrons. The van der Waals surface area contributed by atoms with Gasteiger partial charge in [-0.2, -0.15) is 0 Å². The first kappa shape index (κ1) is 19.8. The molecule has 0 aromatic heterocycles. The second kappa shape index (κ2) is 8.98. The average molecular weight is 330 g/mol. The van der Waals surface area contributed by atoms with Crippen LogP contribution in [0.1, 0.15) is 27.7 Å². The van der Waals surface area contributed by atoms with Gasteiger partial charge in [0, 0.05) is 14.2 Å². The van der Waals surface area contributed by atoms with Crippen LogP contribution in [-0.2, 0) is 31.7 Å². The van der Waals surface area contributed by atoms with E-state index in [2.05, 4.69) is 9.05 Å². The molecule has 7 nitrogen and oxygen atoms in total. The van der Waals surface area contributed by atoms with E-state index in [-0.39, 0.29) is 18.4 Å². The van der Waals surface area contributed by atoms with Crippen LogP contribution in [0, 0.1) is 0 Å². The van der Waals surface area contributed by atoms with Gasteiger partial charge in [-0.3, -0.25) is 13.6 Å². The first-order valence-electron chi connectivity index (χ1n) is 6.17. The summed E-state index contributed by atoms with van der Waals surface area (Å²) in [4.78, 5) is 0. The van der Waals surface area contributed by atoms with Crippen LogP contribution in [-0.4, -0.2) is 32.6 Å². The summed E-state index contributed by atoms with van der Waals surface area (Å²) in [5.41, 5.74) is 0. The highest BCUT2D eigenvalue weighted by atomic mass is 31.2. The number of phosphoric ester groups is 1. The lowest BCUT2D eigenvalue weighted by atomic mass is 10.5. The van der Waals surface area contributed by atoms with E-state index in [1.807, 2.05) is 0 Å². The Hall–Kier alpha value is -0.160. The van der Waals surface area contributed by atoms with Crippen LogP contribution >= 0.6 is 15.4 Å². The van der Waals surface area contributed by atoms with Crippen molar-refractivity contribution in [3.63, 3.8) is 0 Å². The smallest absolute Gasteiger partial charge is 0.412 e. The standard InChI is InChI=1S/C11H24O7P2/c1-10(2)17-19(12,18-11(3)4)9-7-8-16-20(13,14-5)15-6/h7-8,10-11H,9H2,1-6H3/b8-7+. The minimum atomic E-state index is -3.58. The summed E-state index contributed by atoms with van der Waals surface area (Å²) in [5, 5.41) is 0. The maximum absolute atomic E-state index is 12.4. The molecule has 0 atom stereocenters. The number of hydrogen-bond donors (Lipinski definition) is 0. The van der Waals surface area contributed by atoms with Crippen molar-refractivity contribution in [1.29, 1.82) is 0 Å².